The van der Waals surface area contributed by atoms with Crippen LogP contribution in [0.15, 0.2) is 54.7 Å². The number of nitrogens with one attached hydrogen (secondary N) is 2. The van der Waals surface area contributed by atoms with Crippen molar-refractivity contribution in [1.82, 2.24) is 20.5 Å². The molecule has 1 aliphatic rings. The fraction of sp³-hybridized carbons (Fsp3) is 0.409. The first kappa shape index (κ1) is 20.6. The summed E-state index contributed by atoms with van der Waals surface area (Å²) in [5.41, 5.74) is 1.03. The van der Waals surface area contributed by atoms with E-state index in [1.54, 1.807) is 11.1 Å². The molecule has 0 saturated carbocycles. The highest BCUT2D eigenvalue weighted by atomic mass is 16.2. The summed E-state index contributed by atoms with van der Waals surface area (Å²) in [4.78, 5) is 33.7. The Kier molecular flexibility index (Phi) is 7.05. The van der Waals surface area contributed by atoms with Gasteiger partial charge in [-0.3, -0.25) is 4.79 Å². The third-order valence-electron chi connectivity index (χ3n) is 5.08. The van der Waals surface area contributed by atoms with Gasteiger partial charge in [-0.05, 0) is 23.6 Å². The number of anilines is 1. The Morgan fingerprint density at radius 3 is 2.31 bits per heavy atom. The maximum absolute atomic E-state index is 12.7. The molecule has 2 aromatic rings. The highest BCUT2D eigenvalue weighted by Gasteiger charge is 2.28. The van der Waals surface area contributed by atoms with Crippen LogP contribution >= 0.6 is 0 Å². The highest BCUT2D eigenvalue weighted by Crippen LogP contribution is 2.13. The first-order chi connectivity index (χ1) is 14.0. The second-order valence-corrected chi connectivity index (χ2v) is 7.54. The van der Waals surface area contributed by atoms with E-state index in [-0.39, 0.29) is 17.9 Å². The number of amides is 3. The Labute approximate surface area is 172 Å². The lowest BCUT2D eigenvalue weighted by atomic mass is 10.0. The van der Waals surface area contributed by atoms with Crippen molar-refractivity contribution in [3.8, 4) is 0 Å². The Balaban J connectivity index is 1.51. The minimum Gasteiger partial charge on any atom is -0.353 e. The summed E-state index contributed by atoms with van der Waals surface area (Å²) in [7, 11) is 0. The van der Waals surface area contributed by atoms with Gasteiger partial charge in [0, 0.05) is 38.9 Å². The number of pyridine rings is 1. The molecule has 7 heteroatoms. The molecule has 1 fully saturated rings. The lowest BCUT2D eigenvalue weighted by molar-refractivity contribution is -0.124. The maximum Gasteiger partial charge on any atom is 0.318 e. The zero-order chi connectivity index (χ0) is 20.6. The standard InChI is InChI=1S/C22H29N5O2/c1-17(2)20(21(28)24-16-18-8-4-3-5-9-18)25-22(29)27-14-12-26(13-15-27)19-10-6-7-11-23-19/h3-11,17,20H,12-16H2,1-2H3,(H,24,28)(H,25,29)/t20-/m1/s1. The summed E-state index contributed by atoms with van der Waals surface area (Å²) >= 11 is 0. The molecule has 3 rings (SSSR count). The normalized spacial score (nSPS) is 15.1. The van der Waals surface area contributed by atoms with Gasteiger partial charge < -0.3 is 20.4 Å². The average Bonchev–Trinajstić information content (AvgIpc) is 2.77. The summed E-state index contributed by atoms with van der Waals surface area (Å²) in [6.07, 6.45) is 1.77. The van der Waals surface area contributed by atoms with Gasteiger partial charge in [0.25, 0.3) is 0 Å². The van der Waals surface area contributed by atoms with Crippen LogP contribution in [0, 0.1) is 5.92 Å². The van der Waals surface area contributed by atoms with Crippen LogP contribution in [-0.2, 0) is 11.3 Å². The van der Waals surface area contributed by atoms with Gasteiger partial charge in [-0.15, -0.1) is 0 Å². The number of carbonyl (C=O) groups excluding carboxylic acids is 2. The number of hydrogen-bond acceptors (Lipinski definition) is 4. The number of hydrogen-bond donors (Lipinski definition) is 2. The van der Waals surface area contributed by atoms with Gasteiger partial charge in [0.2, 0.25) is 5.91 Å². The van der Waals surface area contributed by atoms with E-state index in [0.29, 0.717) is 19.6 Å². The quantitative estimate of drug-likeness (QED) is 0.787. The molecule has 3 amide bonds. The molecule has 0 unspecified atom stereocenters. The van der Waals surface area contributed by atoms with E-state index in [0.717, 1.165) is 24.5 Å². The van der Waals surface area contributed by atoms with Crippen LogP contribution in [0.3, 0.4) is 0 Å². The molecular formula is C22H29N5O2. The third kappa shape index (κ3) is 5.70. The van der Waals surface area contributed by atoms with Crippen molar-refractivity contribution in [3.05, 3.63) is 60.3 Å². The molecule has 1 aliphatic heterocycles. The molecule has 1 aromatic carbocycles. The van der Waals surface area contributed by atoms with Crippen LogP contribution in [0.4, 0.5) is 10.6 Å². The minimum absolute atomic E-state index is 0.00969. The first-order valence-corrected chi connectivity index (χ1v) is 10.1. The Hall–Kier alpha value is -3.09. The van der Waals surface area contributed by atoms with Crippen molar-refractivity contribution in [2.24, 2.45) is 5.92 Å². The third-order valence-corrected chi connectivity index (χ3v) is 5.08. The fourth-order valence-corrected chi connectivity index (χ4v) is 3.33. The Bertz CT molecular complexity index is 789. The van der Waals surface area contributed by atoms with E-state index in [1.807, 2.05) is 62.4 Å². The van der Waals surface area contributed by atoms with E-state index in [4.69, 9.17) is 0 Å². The van der Waals surface area contributed by atoms with Gasteiger partial charge in [0.1, 0.15) is 11.9 Å². The average molecular weight is 396 g/mol. The predicted octanol–water partition coefficient (Wildman–Crippen LogP) is 2.25. The van der Waals surface area contributed by atoms with Crippen molar-refractivity contribution >= 4 is 17.8 Å². The van der Waals surface area contributed by atoms with Crippen LogP contribution in [0.1, 0.15) is 19.4 Å². The van der Waals surface area contributed by atoms with E-state index >= 15 is 0 Å². The van der Waals surface area contributed by atoms with Crippen LogP contribution in [-0.4, -0.2) is 54.0 Å². The highest BCUT2D eigenvalue weighted by molar-refractivity contribution is 5.87. The molecule has 2 N–H and O–H groups in total. The SMILES string of the molecule is CC(C)[C@@H](NC(=O)N1CCN(c2ccccn2)CC1)C(=O)NCc1ccccc1. The molecule has 0 aliphatic carbocycles. The first-order valence-electron chi connectivity index (χ1n) is 10.1. The van der Waals surface area contributed by atoms with Crippen LogP contribution < -0.4 is 15.5 Å². The summed E-state index contributed by atoms with van der Waals surface area (Å²) < 4.78 is 0. The van der Waals surface area contributed by atoms with E-state index < -0.39 is 6.04 Å². The lowest BCUT2D eigenvalue weighted by Crippen LogP contribution is -2.57. The maximum atomic E-state index is 12.7. The van der Waals surface area contributed by atoms with Gasteiger partial charge in [0.15, 0.2) is 0 Å². The number of piperazine rings is 1. The number of benzene rings is 1. The smallest absolute Gasteiger partial charge is 0.318 e. The summed E-state index contributed by atoms with van der Waals surface area (Å²) in [5, 5.41) is 5.85. The molecular weight excluding hydrogens is 366 g/mol. The van der Waals surface area contributed by atoms with Gasteiger partial charge in [-0.25, -0.2) is 9.78 Å². The van der Waals surface area contributed by atoms with Crippen LogP contribution in [0.5, 0.6) is 0 Å². The van der Waals surface area contributed by atoms with Gasteiger partial charge in [-0.1, -0.05) is 50.2 Å². The molecule has 7 nitrogen and oxygen atoms in total. The summed E-state index contributed by atoms with van der Waals surface area (Å²) in [6.45, 7) is 6.95. The van der Waals surface area contributed by atoms with Gasteiger partial charge >= 0.3 is 6.03 Å². The number of rotatable bonds is 6. The second-order valence-electron chi connectivity index (χ2n) is 7.54. The van der Waals surface area contributed by atoms with Crippen molar-refractivity contribution in [3.63, 3.8) is 0 Å². The van der Waals surface area contributed by atoms with Gasteiger partial charge in [0.05, 0.1) is 0 Å². The number of aromatic nitrogens is 1. The molecule has 154 valence electrons. The minimum atomic E-state index is -0.569. The largest absolute Gasteiger partial charge is 0.353 e. The lowest BCUT2D eigenvalue weighted by Gasteiger charge is -2.36. The van der Waals surface area contributed by atoms with E-state index in [9.17, 15) is 9.59 Å². The van der Waals surface area contributed by atoms with E-state index in [2.05, 4.69) is 20.5 Å². The number of urea groups is 1. The van der Waals surface area contributed by atoms with Gasteiger partial charge in [-0.2, -0.15) is 0 Å². The molecule has 0 radical (unpaired) electrons. The van der Waals surface area contributed by atoms with Crippen molar-refractivity contribution in [2.45, 2.75) is 26.4 Å². The Morgan fingerprint density at radius 2 is 1.69 bits per heavy atom. The summed E-state index contributed by atoms with van der Waals surface area (Å²) in [5.74, 6) is 0.752. The van der Waals surface area contributed by atoms with E-state index in [1.165, 1.54) is 0 Å². The number of carbonyl (C=O) groups is 2. The van der Waals surface area contributed by atoms with Crippen LogP contribution in [0.25, 0.3) is 0 Å². The molecule has 2 heterocycles. The predicted molar refractivity (Wildman–Crippen MR) is 113 cm³/mol. The fourth-order valence-electron chi connectivity index (χ4n) is 3.33. The molecule has 1 aromatic heterocycles. The zero-order valence-corrected chi connectivity index (χ0v) is 17.0. The molecule has 0 spiro atoms. The monoisotopic (exact) mass is 395 g/mol. The molecule has 0 bridgehead atoms. The van der Waals surface area contributed by atoms with Crippen molar-refractivity contribution < 1.29 is 9.59 Å². The summed E-state index contributed by atoms with van der Waals surface area (Å²) in [6, 6.07) is 14.8. The topological polar surface area (TPSA) is 77.6 Å². The van der Waals surface area contributed by atoms with Crippen molar-refractivity contribution in [1.29, 1.82) is 0 Å². The van der Waals surface area contributed by atoms with Crippen LogP contribution in [0.2, 0.25) is 0 Å². The Morgan fingerprint density at radius 1 is 1.00 bits per heavy atom. The number of nitrogens with zero attached hydrogens (tertiary/aromatic N) is 3. The molecule has 1 atom stereocenters. The van der Waals surface area contributed by atoms with Crippen molar-refractivity contribution in [2.75, 3.05) is 31.1 Å². The molecule has 29 heavy (non-hydrogen) atoms. The second kappa shape index (κ2) is 9.91. The zero-order valence-electron chi connectivity index (χ0n) is 17.0. The molecule has 1 saturated heterocycles.